The van der Waals surface area contributed by atoms with E-state index < -0.39 is 10.8 Å². The van der Waals surface area contributed by atoms with Gasteiger partial charge in [-0.2, -0.15) is 0 Å². The molecule has 2 aliphatic carbocycles. The van der Waals surface area contributed by atoms with Crippen LogP contribution in [0.2, 0.25) is 0 Å². The van der Waals surface area contributed by atoms with E-state index in [1.807, 2.05) is 0 Å². The van der Waals surface area contributed by atoms with Gasteiger partial charge in [0.05, 0.1) is 0 Å². The van der Waals surface area contributed by atoms with E-state index in [0.29, 0.717) is 0 Å². The summed E-state index contributed by atoms with van der Waals surface area (Å²) in [6, 6.07) is 0. The third-order valence-electron chi connectivity index (χ3n) is 4.72. The van der Waals surface area contributed by atoms with Gasteiger partial charge in [0, 0.05) is 20.3 Å². The van der Waals surface area contributed by atoms with Crippen molar-refractivity contribution in [3.05, 3.63) is 0 Å². The minimum atomic E-state index is -0.624. The fraction of sp³-hybridized carbons (Fsp3) is 1.00. The van der Waals surface area contributed by atoms with Gasteiger partial charge in [0.2, 0.25) is 0 Å². The predicted molar refractivity (Wildman–Crippen MR) is 71.1 cm³/mol. The minimum absolute atomic E-state index is 0.129. The van der Waals surface area contributed by atoms with E-state index in [4.69, 9.17) is 0 Å². The largest absolute Gasteiger partial charge is 0.258 e. The average Bonchev–Trinajstić information content (AvgIpc) is 2.30. The van der Waals surface area contributed by atoms with Crippen LogP contribution in [0.5, 0.6) is 0 Å². The molecule has 2 heteroatoms. The first-order valence-corrected chi connectivity index (χ1v) is 8.14. The van der Waals surface area contributed by atoms with E-state index in [0.717, 1.165) is 0 Å². The second kappa shape index (κ2) is 4.80. The van der Waals surface area contributed by atoms with Crippen molar-refractivity contribution < 1.29 is 4.21 Å². The monoisotopic (exact) mass is 242 g/mol. The van der Waals surface area contributed by atoms with Crippen molar-refractivity contribution in [3.8, 4) is 0 Å². The lowest BCUT2D eigenvalue weighted by molar-refractivity contribution is 0.372. The molecule has 0 amide bonds. The van der Waals surface area contributed by atoms with Gasteiger partial charge in [-0.1, -0.05) is 38.5 Å². The van der Waals surface area contributed by atoms with Crippen molar-refractivity contribution in [1.82, 2.24) is 0 Å². The van der Waals surface area contributed by atoms with Gasteiger partial charge in [0.15, 0.2) is 0 Å². The van der Waals surface area contributed by atoms with Gasteiger partial charge in [-0.3, -0.25) is 4.21 Å². The van der Waals surface area contributed by atoms with Crippen LogP contribution in [0, 0.1) is 0 Å². The molecule has 0 heterocycles. The molecule has 2 rings (SSSR count). The van der Waals surface area contributed by atoms with Crippen molar-refractivity contribution in [2.45, 2.75) is 87.5 Å². The van der Waals surface area contributed by atoms with Gasteiger partial charge in [-0.15, -0.1) is 0 Å². The van der Waals surface area contributed by atoms with E-state index in [2.05, 4.69) is 13.8 Å². The molecule has 0 aliphatic heterocycles. The molecular weight excluding hydrogens is 216 g/mol. The molecular formula is C14H26OS. The van der Waals surface area contributed by atoms with Gasteiger partial charge < -0.3 is 0 Å². The van der Waals surface area contributed by atoms with Crippen molar-refractivity contribution in [2.24, 2.45) is 0 Å². The van der Waals surface area contributed by atoms with Crippen LogP contribution in [0.1, 0.15) is 78.1 Å². The quantitative estimate of drug-likeness (QED) is 0.710. The fourth-order valence-corrected chi connectivity index (χ4v) is 6.07. The van der Waals surface area contributed by atoms with Crippen LogP contribution in [-0.4, -0.2) is 13.7 Å². The number of rotatable bonds is 2. The standard InChI is InChI=1S/C14H26OS/c1-13(9-5-3-6-10-13)16(15)14(2)11-7-4-8-12-14/h3-12H2,1-2H3. The fourth-order valence-electron chi connectivity index (χ4n) is 3.56. The Bertz CT molecular complexity index is 234. The normalized spacial score (nSPS) is 29.2. The maximum Gasteiger partial charge on any atom is 0.0436 e. The molecule has 2 aliphatic rings. The summed E-state index contributed by atoms with van der Waals surface area (Å²) < 4.78 is 13.2. The predicted octanol–water partition coefficient (Wildman–Crippen LogP) is 4.18. The zero-order valence-corrected chi connectivity index (χ0v) is 11.7. The van der Waals surface area contributed by atoms with Crippen LogP contribution in [-0.2, 0) is 10.8 Å². The van der Waals surface area contributed by atoms with Crippen LogP contribution < -0.4 is 0 Å². The van der Waals surface area contributed by atoms with Crippen LogP contribution in [0.3, 0.4) is 0 Å². The van der Waals surface area contributed by atoms with Gasteiger partial charge in [0.25, 0.3) is 0 Å². The topological polar surface area (TPSA) is 17.1 Å². The molecule has 0 radical (unpaired) electrons. The molecule has 0 atom stereocenters. The summed E-state index contributed by atoms with van der Waals surface area (Å²) >= 11 is 0. The highest BCUT2D eigenvalue weighted by atomic mass is 32.2. The van der Waals surface area contributed by atoms with Gasteiger partial charge in [-0.05, 0) is 39.5 Å². The summed E-state index contributed by atoms with van der Waals surface area (Å²) in [6.07, 6.45) is 12.6. The van der Waals surface area contributed by atoms with E-state index in [9.17, 15) is 4.21 Å². The molecule has 0 unspecified atom stereocenters. The maximum absolute atomic E-state index is 12.9. The third-order valence-corrected chi connectivity index (χ3v) is 7.32. The Hall–Kier alpha value is 0.150. The highest BCUT2D eigenvalue weighted by Crippen LogP contribution is 2.43. The molecule has 0 spiro atoms. The zero-order chi connectivity index (χ0) is 11.6. The first-order valence-electron chi connectivity index (χ1n) is 6.99. The second-order valence-electron chi connectivity index (χ2n) is 6.29. The smallest absolute Gasteiger partial charge is 0.0436 e. The zero-order valence-electron chi connectivity index (χ0n) is 10.9. The molecule has 94 valence electrons. The van der Waals surface area contributed by atoms with Crippen molar-refractivity contribution in [1.29, 1.82) is 0 Å². The van der Waals surface area contributed by atoms with E-state index in [-0.39, 0.29) is 9.49 Å². The number of hydrogen-bond donors (Lipinski definition) is 0. The highest BCUT2D eigenvalue weighted by Gasteiger charge is 2.44. The van der Waals surface area contributed by atoms with Crippen LogP contribution in [0.4, 0.5) is 0 Å². The lowest BCUT2D eigenvalue weighted by Gasteiger charge is -2.42. The molecule has 16 heavy (non-hydrogen) atoms. The van der Waals surface area contributed by atoms with Crippen molar-refractivity contribution >= 4 is 10.8 Å². The first kappa shape index (κ1) is 12.6. The lowest BCUT2D eigenvalue weighted by atomic mass is 9.89. The van der Waals surface area contributed by atoms with E-state index in [1.54, 1.807) is 0 Å². The number of hydrogen-bond acceptors (Lipinski definition) is 1. The molecule has 2 saturated carbocycles. The van der Waals surface area contributed by atoms with Gasteiger partial charge in [0.1, 0.15) is 0 Å². The summed E-state index contributed by atoms with van der Waals surface area (Å²) in [4.78, 5) is 0. The molecule has 0 aromatic carbocycles. The van der Waals surface area contributed by atoms with Crippen LogP contribution in [0.15, 0.2) is 0 Å². The Morgan fingerprint density at radius 1 is 0.688 bits per heavy atom. The summed E-state index contributed by atoms with van der Waals surface area (Å²) in [5.74, 6) is 0. The van der Waals surface area contributed by atoms with E-state index in [1.165, 1.54) is 64.2 Å². The van der Waals surface area contributed by atoms with Crippen molar-refractivity contribution in [3.63, 3.8) is 0 Å². The summed E-state index contributed by atoms with van der Waals surface area (Å²) in [6.45, 7) is 4.56. The summed E-state index contributed by atoms with van der Waals surface area (Å²) in [7, 11) is -0.624. The molecule has 0 N–H and O–H groups in total. The summed E-state index contributed by atoms with van der Waals surface area (Å²) in [5, 5.41) is 0. The molecule has 0 aromatic heterocycles. The molecule has 2 fully saturated rings. The molecule has 0 bridgehead atoms. The Morgan fingerprint density at radius 3 is 1.31 bits per heavy atom. The third kappa shape index (κ3) is 2.37. The first-order chi connectivity index (χ1) is 7.57. The van der Waals surface area contributed by atoms with Crippen LogP contribution >= 0.6 is 0 Å². The maximum atomic E-state index is 12.9. The molecule has 0 aromatic rings. The average molecular weight is 242 g/mol. The Balaban J connectivity index is 2.10. The van der Waals surface area contributed by atoms with Crippen LogP contribution in [0.25, 0.3) is 0 Å². The second-order valence-corrected chi connectivity index (χ2v) is 8.80. The summed E-state index contributed by atoms with van der Waals surface area (Å²) in [5.41, 5.74) is 0. The molecule has 1 nitrogen and oxygen atoms in total. The van der Waals surface area contributed by atoms with Gasteiger partial charge in [-0.25, -0.2) is 0 Å². The SMILES string of the molecule is CC1(S(=O)C2(C)CCCCC2)CCCCC1. The Morgan fingerprint density at radius 2 is 1.00 bits per heavy atom. The van der Waals surface area contributed by atoms with Gasteiger partial charge >= 0.3 is 0 Å². The van der Waals surface area contributed by atoms with E-state index >= 15 is 0 Å². The molecule has 0 saturated heterocycles. The Labute approximate surface area is 103 Å². The lowest BCUT2D eigenvalue weighted by Crippen LogP contribution is -2.46. The minimum Gasteiger partial charge on any atom is -0.258 e. The van der Waals surface area contributed by atoms with Crippen molar-refractivity contribution in [2.75, 3.05) is 0 Å². The highest BCUT2D eigenvalue weighted by molar-refractivity contribution is 7.87. The Kier molecular flexibility index (Phi) is 3.78.